The third-order valence-corrected chi connectivity index (χ3v) is 4.18. The molecule has 1 aromatic rings. The summed E-state index contributed by atoms with van der Waals surface area (Å²) < 4.78 is 0. The zero-order valence-corrected chi connectivity index (χ0v) is 14.5. The number of carbonyl (C=O) groups excluding carboxylic acids is 2. The molecule has 0 saturated heterocycles. The number of halogens is 2. The third kappa shape index (κ3) is 9.22. The first-order valence-corrected chi connectivity index (χ1v) is 8.82. The second kappa shape index (κ2) is 11.7. The van der Waals surface area contributed by atoms with Crippen molar-refractivity contribution in [1.29, 1.82) is 0 Å². The molecule has 22 heavy (non-hydrogen) atoms. The van der Waals surface area contributed by atoms with Gasteiger partial charge in [0.15, 0.2) is 0 Å². The first-order valence-electron chi connectivity index (χ1n) is 8.06. The summed E-state index contributed by atoms with van der Waals surface area (Å²) in [5.74, 6) is 0. The van der Waals surface area contributed by atoms with Gasteiger partial charge in [-0.25, -0.2) is 0 Å². The zero-order valence-electron chi connectivity index (χ0n) is 13.0. The van der Waals surface area contributed by atoms with Crippen LogP contribution in [-0.4, -0.2) is 10.5 Å². The molecule has 0 aliphatic rings. The highest BCUT2D eigenvalue weighted by Gasteiger charge is 2.01. The summed E-state index contributed by atoms with van der Waals surface area (Å²) in [6.07, 6.45) is 10.9. The molecule has 0 heterocycles. The normalized spacial score (nSPS) is 10.6. The van der Waals surface area contributed by atoms with Crippen molar-refractivity contribution in [1.82, 2.24) is 0 Å². The summed E-state index contributed by atoms with van der Waals surface area (Å²) >= 11 is 10.7. The van der Waals surface area contributed by atoms with Crippen molar-refractivity contribution in [3.8, 4) is 0 Å². The Morgan fingerprint density at radius 2 is 1.23 bits per heavy atom. The van der Waals surface area contributed by atoms with Gasteiger partial charge in [-0.1, -0.05) is 50.7 Å². The van der Waals surface area contributed by atoms with Crippen molar-refractivity contribution in [2.75, 3.05) is 0 Å². The Hall–Kier alpha value is -0.860. The molecule has 0 aliphatic heterocycles. The van der Waals surface area contributed by atoms with Gasteiger partial charge in [0.05, 0.1) is 0 Å². The number of hydrogen-bond donors (Lipinski definition) is 0. The largest absolute Gasteiger partial charge is 0.281 e. The van der Waals surface area contributed by atoms with Crippen LogP contribution in [0.4, 0.5) is 0 Å². The predicted molar refractivity (Wildman–Crippen MR) is 92.7 cm³/mol. The molecule has 0 atom stereocenters. The molecule has 2 nitrogen and oxygen atoms in total. The van der Waals surface area contributed by atoms with Gasteiger partial charge in [0.1, 0.15) is 0 Å². The molecule has 0 saturated carbocycles. The lowest BCUT2D eigenvalue weighted by atomic mass is 10.0. The van der Waals surface area contributed by atoms with Crippen LogP contribution in [0.5, 0.6) is 0 Å². The van der Waals surface area contributed by atoms with Gasteiger partial charge in [0.2, 0.25) is 5.24 Å². The lowest BCUT2D eigenvalue weighted by Crippen LogP contribution is -1.91. The van der Waals surface area contributed by atoms with E-state index in [9.17, 15) is 9.59 Å². The Labute approximate surface area is 143 Å². The van der Waals surface area contributed by atoms with E-state index in [2.05, 4.69) is 0 Å². The van der Waals surface area contributed by atoms with E-state index >= 15 is 0 Å². The van der Waals surface area contributed by atoms with Crippen LogP contribution < -0.4 is 0 Å². The summed E-state index contributed by atoms with van der Waals surface area (Å²) in [6, 6.07) is 7.54. The van der Waals surface area contributed by atoms with Gasteiger partial charge in [-0.05, 0) is 60.2 Å². The van der Waals surface area contributed by atoms with Crippen molar-refractivity contribution < 1.29 is 9.59 Å². The van der Waals surface area contributed by atoms with Gasteiger partial charge < -0.3 is 0 Å². The molecule has 122 valence electrons. The topological polar surface area (TPSA) is 34.1 Å². The van der Waals surface area contributed by atoms with E-state index in [-0.39, 0.29) is 5.24 Å². The van der Waals surface area contributed by atoms with E-state index in [0.29, 0.717) is 12.0 Å². The van der Waals surface area contributed by atoms with Gasteiger partial charge in [-0.2, -0.15) is 0 Å². The second-order valence-electron chi connectivity index (χ2n) is 5.65. The van der Waals surface area contributed by atoms with E-state index < -0.39 is 5.24 Å². The molecule has 0 radical (unpaired) electrons. The molecule has 0 aromatic heterocycles. The monoisotopic (exact) mass is 342 g/mol. The summed E-state index contributed by atoms with van der Waals surface area (Å²) in [6.45, 7) is 0. The molecule has 1 aromatic carbocycles. The fourth-order valence-electron chi connectivity index (χ4n) is 2.46. The molecule has 1 rings (SSSR count). The maximum absolute atomic E-state index is 11.0. The lowest BCUT2D eigenvalue weighted by Gasteiger charge is -2.03. The quantitative estimate of drug-likeness (QED) is 0.350. The van der Waals surface area contributed by atoms with Crippen LogP contribution in [0, 0.1) is 0 Å². The van der Waals surface area contributed by atoms with Crippen LogP contribution >= 0.6 is 23.2 Å². The lowest BCUT2D eigenvalue weighted by molar-refractivity contribution is -0.111. The minimum atomic E-state index is -0.401. The minimum absolute atomic E-state index is 0.219. The van der Waals surface area contributed by atoms with Crippen molar-refractivity contribution in [3.05, 3.63) is 35.4 Å². The summed E-state index contributed by atoms with van der Waals surface area (Å²) in [5.41, 5.74) is 1.81. The average molecular weight is 343 g/mol. The zero-order chi connectivity index (χ0) is 16.2. The number of rotatable bonds is 12. The Kier molecular flexibility index (Phi) is 10.2. The molecule has 0 aliphatic carbocycles. The molecule has 0 unspecified atom stereocenters. The number of aryl methyl sites for hydroxylation is 1. The third-order valence-electron chi connectivity index (χ3n) is 3.77. The number of benzene rings is 1. The van der Waals surface area contributed by atoms with E-state index in [4.69, 9.17) is 23.2 Å². The van der Waals surface area contributed by atoms with Crippen LogP contribution in [0.25, 0.3) is 0 Å². The van der Waals surface area contributed by atoms with Gasteiger partial charge in [-0.3, -0.25) is 9.59 Å². The fourth-order valence-corrected chi connectivity index (χ4v) is 2.72. The highest BCUT2D eigenvalue weighted by atomic mass is 35.5. The molecule has 0 fully saturated rings. The van der Waals surface area contributed by atoms with E-state index in [1.165, 1.54) is 44.1 Å². The van der Waals surface area contributed by atoms with E-state index in [1.54, 1.807) is 12.1 Å². The smallest absolute Gasteiger partial charge is 0.252 e. The number of unbranched alkanes of at least 4 members (excludes halogenated alkanes) is 7. The van der Waals surface area contributed by atoms with E-state index in [0.717, 1.165) is 19.3 Å². The highest BCUT2D eigenvalue weighted by Crippen LogP contribution is 2.13. The fraction of sp³-hybridized carbons (Fsp3) is 0.556. The van der Waals surface area contributed by atoms with Crippen LogP contribution in [0.1, 0.15) is 73.7 Å². The standard InChI is InChI=1S/C18H24Cl2O2/c19-17(21)10-8-6-4-2-1-3-5-7-9-15-11-13-16(14-12-15)18(20)22/h11-14H,1-10H2. The average Bonchev–Trinajstić information content (AvgIpc) is 2.49. The summed E-state index contributed by atoms with van der Waals surface area (Å²) in [5, 5.41) is -0.620. The van der Waals surface area contributed by atoms with Gasteiger partial charge in [0.25, 0.3) is 5.24 Å². The number of hydrogen-bond acceptors (Lipinski definition) is 2. The Morgan fingerprint density at radius 3 is 1.73 bits per heavy atom. The second-order valence-corrected chi connectivity index (χ2v) is 6.42. The van der Waals surface area contributed by atoms with Crippen molar-refractivity contribution in [2.45, 2.75) is 64.2 Å². The maximum atomic E-state index is 11.0. The predicted octanol–water partition coefficient (Wildman–Crippen LogP) is 5.88. The van der Waals surface area contributed by atoms with E-state index in [1.807, 2.05) is 12.1 Å². The van der Waals surface area contributed by atoms with Gasteiger partial charge in [-0.15, -0.1) is 0 Å². The van der Waals surface area contributed by atoms with Crippen LogP contribution in [0.3, 0.4) is 0 Å². The van der Waals surface area contributed by atoms with Crippen molar-refractivity contribution in [3.63, 3.8) is 0 Å². The van der Waals surface area contributed by atoms with Crippen LogP contribution in [0.15, 0.2) is 24.3 Å². The Bertz CT molecular complexity index is 455. The molecule has 0 bridgehead atoms. The van der Waals surface area contributed by atoms with Crippen molar-refractivity contribution >= 4 is 33.7 Å². The summed E-state index contributed by atoms with van der Waals surface area (Å²) in [4.78, 5) is 21.5. The molecular weight excluding hydrogens is 319 g/mol. The van der Waals surface area contributed by atoms with Crippen molar-refractivity contribution in [2.24, 2.45) is 0 Å². The van der Waals surface area contributed by atoms with Crippen LogP contribution in [-0.2, 0) is 11.2 Å². The molecular formula is C18H24Cl2O2. The minimum Gasteiger partial charge on any atom is -0.281 e. The summed E-state index contributed by atoms with van der Waals surface area (Å²) in [7, 11) is 0. The number of carbonyl (C=O) groups is 2. The Morgan fingerprint density at radius 1 is 0.727 bits per heavy atom. The SMILES string of the molecule is O=C(Cl)CCCCCCCCCCc1ccc(C(=O)Cl)cc1. The van der Waals surface area contributed by atoms with Gasteiger partial charge in [0, 0.05) is 12.0 Å². The molecule has 0 spiro atoms. The molecule has 4 heteroatoms. The highest BCUT2D eigenvalue weighted by molar-refractivity contribution is 6.67. The first kappa shape index (κ1) is 19.2. The molecule has 0 N–H and O–H groups in total. The van der Waals surface area contributed by atoms with Gasteiger partial charge >= 0.3 is 0 Å². The first-order chi connectivity index (χ1) is 10.6. The Balaban J connectivity index is 1.97. The maximum Gasteiger partial charge on any atom is 0.252 e. The van der Waals surface area contributed by atoms with Crippen LogP contribution in [0.2, 0.25) is 0 Å². The molecule has 0 amide bonds.